The molecule has 204 valence electrons. The summed E-state index contributed by atoms with van der Waals surface area (Å²) in [7, 11) is 2.07. The van der Waals surface area contributed by atoms with Crippen molar-refractivity contribution in [2.75, 3.05) is 43.9 Å². The van der Waals surface area contributed by atoms with Gasteiger partial charge in [0.15, 0.2) is 0 Å². The molecule has 1 saturated heterocycles. The minimum absolute atomic E-state index is 0.0189. The number of aryl methyl sites for hydroxylation is 1. The number of alkyl halides is 5. The van der Waals surface area contributed by atoms with Gasteiger partial charge in [0.25, 0.3) is 0 Å². The van der Waals surface area contributed by atoms with Crippen molar-refractivity contribution in [2.24, 2.45) is 5.92 Å². The lowest BCUT2D eigenvalue weighted by Gasteiger charge is -2.32. The number of rotatable bonds is 9. The fraction of sp³-hybridized carbons (Fsp3) is 0.652. The van der Waals surface area contributed by atoms with Crippen molar-refractivity contribution >= 4 is 23.4 Å². The van der Waals surface area contributed by atoms with Gasteiger partial charge in [-0.3, -0.25) is 9.48 Å². The molecule has 3 unspecified atom stereocenters. The maximum Gasteiger partial charge on any atom is 0.421 e. The van der Waals surface area contributed by atoms with Crippen LogP contribution in [0.5, 0.6) is 0 Å². The molecule has 2 aromatic rings. The van der Waals surface area contributed by atoms with Crippen molar-refractivity contribution in [3.8, 4) is 0 Å². The largest absolute Gasteiger partial charge is 0.421 e. The summed E-state index contributed by atoms with van der Waals surface area (Å²) in [6.07, 6.45) is -3.58. The lowest BCUT2D eigenvalue weighted by Crippen LogP contribution is -2.49. The van der Waals surface area contributed by atoms with Crippen LogP contribution in [0.2, 0.25) is 0 Å². The van der Waals surface area contributed by atoms with Crippen molar-refractivity contribution in [1.82, 2.24) is 30.0 Å². The summed E-state index contributed by atoms with van der Waals surface area (Å²) in [4.78, 5) is 22.0. The van der Waals surface area contributed by atoms with Crippen molar-refractivity contribution in [2.45, 2.75) is 57.2 Å². The number of anilines is 3. The van der Waals surface area contributed by atoms with Gasteiger partial charge < -0.3 is 20.9 Å². The third-order valence-corrected chi connectivity index (χ3v) is 6.81. The maximum absolute atomic E-state index is 13.5. The van der Waals surface area contributed by atoms with E-state index in [1.165, 1.54) is 0 Å². The van der Waals surface area contributed by atoms with Crippen LogP contribution in [0.3, 0.4) is 0 Å². The number of hydrogen-bond donors (Lipinski definition) is 3. The Morgan fingerprint density at radius 1 is 1.19 bits per heavy atom. The van der Waals surface area contributed by atoms with Gasteiger partial charge in [0, 0.05) is 25.5 Å². The first-order valence-corrected chi connectivity index (χ1v) is 12.3. The zero-order chi connectivity index (χ0) is 26.7. The Bertz CT molecular complexity index is 1090. The zero-order valence-electron chi connectivity index (χ0n) is 20.7. The van der Waals surface area contributed by atoms with Crippen molar-refractivity contribution in [3.63, 3.8) is 0 Å². The van der Waals surface area contributed by atoms with Crippen molar-refractivity contribution < 1.29 is 26.7 Å². The summed E-state index contributed by atoms with van der Waals surface area (Å²) in [5.41, 5.74) is 0.253. The Kier molecular flexibility index (Phi) is 8.14. The van der Waals surface area contributed by atoms with E-state index in [4.69, 9.17) is 0 Å². The average molecular weight is 531 g/mol. The van der Waals surface area contributed by atoms with Crippen LogP contribution in [-0.4, -0.2) is 76.1 Å². The van der Waals surface area contributed by atoms with E-state index in [0.717, 1.165) is 25.9 Å². The van der Waals surface area contributed by atoms with Crippen LogP contribution in [0, 0.1) is 12.8 Å². The zero-order valence-corrected chi connectivity index (χ0v) is 20.7. The molecule has 0 bridgehead atoms. The van der Waals surface area contributed by atoms with E-state index in [2.05, 4.69) is 43.0 Å². The number of carbonyl (C=O) groups is 1. The van der Waals surface area contributed by atoms with Crippen LogP contribution < -0.4 is 16.0 Å². The van der Waals surface area contributed by atoms with E-state index >= 15 is 0 Å². The molecule has 1 aliphatic heterocycles. The quantitative estimate of drug-likeness (QED) is 0.336. The molecule has 3 heterocycles. The minimum atomic E-state index is -4.67. The van der Waals surface area contributed by atoms with E-state index in [0.29, 0.717) is 17.6 Å². The van der Waals surface area contributed by atoms with Gasteiger partial charge in [-0.05, 0) is 52.7 Å². The first-order valence-electron chi connectivity index (χ1n) is 12.3. The summed E-state index contributed by atoms with van der Waals surface area (Å²) in [5, 5.41) is 12.6. The van der Waals surface area contributed by atoms with Gasteiger partial charge in [0.1, 0.15) is 23.7 Å². The third kappa shape index (κ3) is 6.46. The summed E-state index contributed by atoms with van der Waals surface area (Å²) < 4.78 is 68.6. The number of piperidine rings is 1. The molecule has 0 aromatic carbocycles. The summed E-state index contributed by atoms with van der Waals surface area (Å²) in [6.45, 7) is 3.87. The van der Waals surface area contributed by atoms with Crippen LogP contribution in [0.15, 0.2) is 12.4 Å². The molecular weight excluding hydrogens is 499 g/mol. The normalized spacial score (nSPS) is 22.9. The van der Waals surface area contributed by atoms with Gasteiger partial charge in [0.2, 0.25) is 11.9 Å². The molecule has 3 N–H and O–H groups in total. The molecule has 9 nitrogen and oxygen atoms in total. The Hall–Kier alpha value is -3.03. The number of nitrogens with one attached hydrogen (secondary N) is 3. The first kappa shape index (κ1) is 27.0. The molecule has 3 atom stereocenters. The lowest BCUT2D eigenvalue weighted by molar-refractivity contribution is -0.137. The van der Waals surface area contributed by atoms with Gasteiger partial charge in [0.05, 0.1) is 23.3 Å². The van der Waals surface area contributed by atoms with Gasteiger partial charge >= 0.3 is 6.18 Å². The van der Waals surface area contributed by atoms with E-state index in [9.17, 15) is 26.7 Å². The monoisotopic (exact) mass is 530 g/mol. The van der Waals surface area contributed by atoms with Crippen LogP contribution in [-0.2, 0) is 11.0 Å². The Morgan fingerprint density at radius 2 is 1.92 bits per heavy atom. The second kappa shape index (κ2) is 11.2. The fourth-order valence-electron chi connectivity index (χ4n) is 4.40. The van der Waals surface area contributed by atoms with Crippen molar-refractivity contribution in [1.29, 1.82) is 0 Å². The van der Waals surface area contributed by atoms with Crippen LogP contribution in [0.4, 0.5) is 39.4 Å². The molecule has 2 fully saturated rings. The second-order valence-corrected chi connectivity index (χ2v) is 9.60. The molecule has 37 heavy (non-hydrogen) atoms. The van der Waals surface area contributed by atoms with E-state index < -0.39 is 41.7 Å². The predicted octanol–water partition coefficient (Wildman–Crippen LogP) is 3.62. The predicted molar refractivity (Wildman–Crippen MR) is 127 cm³/mol. The smallest absolute Gasteiger partial charge is 0.369 e. The van der Waals surface area contributed by atoms with Gasteiger partial charge in [-0.2, -0.15) is 23.3 Å². The number of hydrogen-bond acceptors (Lipinski definition) is 7. The molecule has 2 aliphatic rings. The fourth-order valence-corrected chi connectivity index (χ4v) is 4.40. The highest BCUT2D eigenvalue weighted by Gasteiger charge is 2.46. The molecule has 0 radical (unpaired) electrons. The molecule has 0 spiro atoms. The summed E-state index contributed by atoms with van der Waals surface area (Å²) >= 11 is 0. The molecule has 2 aromatic heterocycles. The highest BCUT2D eigenvalue weighted by Crippen LogP contribution is 2.35. The topological polar surface area (TPSA) is 100 Å². The van der Waals surface area contributed by atoms with Gasteiger partial charge in [-0.25, -0.2) is 13.8 Å². The van der Waals surface area contributed by atoms with E-state index in [1.807, 2.05) is 10.9 Å². The van der Waals surface area contributed by atoms with Gasteiger partial charge in [-0.1, -0.05) is 0 Å². The summed E-state index contributed by atoms with van der Waals surface area (Å²) in [5.74, 6) is -2.03. The Morgan fingerprint density at radius 3 is 2.57 bits per heavy atom. The molecule has 1 aliphatic carbocycles. The highest BCUT2D eigenvalue weighted by atomic mass is 19.4. The number of likely N-dealkylation sites (tertiary alicyclic amines) is 1. The van der Waals surface area contributed by atoms with Gasteiger partial charge in [-0.15, -0.1) is 0 Å². The number of nitrogens with zero attached hydrogens (tertiary/aromatic N) is 5. The molecule has 1 saturated carbocycles. The Balaban J connectivity index is 1.36. The standard InChI is InChI=1S/C23H31F5N8O/c1-13-18(12-36(34-13)14-4-8-35(2)9-5-14)32-22-31-11-16(23(26,27)28)20(33-22)29-6-3-7-30-21(37)15-10-17(24)19(15)25/h11-12,14-15,17,19H,3-10H2,1-2H3,(H,30,37)(H2,29,31,32,33). The van der Waals surface area contributed by atoms with Crippen LogP contribution in [0.1, 0.15) is 43.0 Å². The van der Waals surface area contributed by atoms with Crippen LogP contribution in [0.25, 0.3) is 0 Å². The highest BCUT2D eigenvalue weighted by molar-refractivity contribution is 5.80. The lowest BCUT2D eigenvalue weighted by atomic mass is 9.80. The number of halogens is 5. The van der Waals surface area contributed by atoms with Crippen molar-refractivity contribution in [3.05, 3.63) is 23.7 Å². The molecule has 4 rings (SSSR count). The van der Waals surface area contributed by atoms with E-state index in [1.54, 1.807) is 6.92 Å². The second-order valence-electron chi connectivity index (χ2n) is 9.60. The van der Waals surface area contributed by atoms with Crippen LogP contribution >= 0.6 is 0 Å². The SMILES string of the molecule is Cc1nn(C2CCN(C)CC2)cc1Nc1ncc(C(F)(F)F)c(NCCCNC(=O)C2CC(F)C2F)n1. The molecular formula is C23H31F5N8O. The molecule has 14 heteroatoms. The Labute approximate surface area is 211 Å². The third-order valence-electron chi connectivity index (χ3n) is 6.81. The average Bonchev–Trinajstić information content (AvgIpc) is 3.21. The first-order chi connectivity index (χ1) is 17.5. The van der Waals surface area contributed by atoms with E-state index in [-0.39, 0.29) is 37.9 Å². The number of aromatic nitrogens is 4. The minimum Gasteiger partial charge on any atom is -0.369 e. The number of carbonyl (C=O) groups excluding carboxylic acids is 1. The number of amides is 1. The maximum atomic E-state index is 13.5. The summed E-state index contributed by atoms with van der Waals surface area (Å²) in [6, 6.07) is 0.246. The molecule has 1 amide bonds.